The van der Waals surface area contributed by atoms with Crippen molar-refractivity contribution >= 4 is 11.8 Å². The second-order valence-corrected chi connectivity index (χ2v) is 4.92. The Balaban J connectivity index is 2.09. The van der Waals surface area contributed by atoms with Crippen molar-refractivity contribution < 1.29 is 15.0 Å². The van der Waals surface area contributed by atoms with E-state index in [9.17, 15) is 9.90 Å². The van der Waals surface area contributed by atoms with Crippen LogP contribution in [0.15, 0.2) is 31.0 Å². The minimum absolute atomic E-state index is 0.109. The molecule has 2 aromatic rings. The first-order valence-electron chi connectivity index (χ1n) is 6.57. The normalized spacial score (nSPS) is 18.0. The highest BCUT2D eigenvalue weighted by molar-refractivity contribution is 5.90. The van der Waals surface area contributed by atoms with E-state index in [2.05, 4.69) is 15.0 Å². The first kappa shape index (κ1) is 13.4. The lowest BCUT2D eigenvalue weighted by Crippen LogP contribution is -2.23. The fourth-order valence-corrected chi connectivity index (χ4v) is 2.41. The number of anilines is 1. The molecular formula is C14H14N4O3. The van der Waals surface area contributed by atoms with Gasteiger partial charge in [-0.15, -0.1) is 0 Å². The molecule has 0 aliphatic carbocycles. The molecule has 0 aromatic carbocycles. The molecule has 0 radical (unpaired) electrons. The monoisotopic (exact) mass is 286 g/mol. The van der Waals surface area contributed by atoms with Gasteiger partial charge in [0.05, 0.1) is 11.7 Å². The van der Waals surface area contributed by atoms with Crippen LogP contribution in [0, 0.1) is 0 Å². The number of pyridine rings is 1. The summed E-state index contributed by atoms with van der Waals surface area (Å²) < 4.78 is 0. The molecule has 0 amide bonds. The molecule has 1 saturated heterocycles. The zero-order valence-corrected chi connectivity index (χ0v) is 11.2. The summed E-state index contributed by atoms with van der Waals surface area (Å²) >= 11 is 0. The fraction of sp³-hybridized carbons (Fsp3) is 0.286. The number of hydrogen-bond donors (Lipinski definition) is 2. The molecule has 0 saturated carbocycles. The Morgan fingerprint density at radius 2 is 2.05 bits per heavy atom. The van der Waals surface area contributed by atoms with Crippen LogP contribution in [0.4, 0.5) is 5.82 Å². The number of aromatic carboxylic acids is 1. The predicted molar refractivity (Wildman–Crippen MR) is 75.1 cm³/mol. The molecule has 1 fully saturated rings. The molecule has 1 atom stereocenters. The summed E-state index contributed by atoms with van der Waals surface area (Å²) in [6, 6.07) is 1.56. The van der Waals surface area contributed by atoms with Crippen LogP contribution in [0.1, 0.15) is 16.8 Å². The van der Waals surface area contributed by atoms with Crippen LogP contribution >= 0.6 is 0 Å². The Bertz CT molecular complexity index is 663. The third-order valence-electron chi connectivity index (χ3n) is 3.45. The zero-order chi connectivity index (χ0) is 14.8. The van der Waals surface area contributed by atoms with Crippen molar-refractivity contribution in [3.05, 3.63) is 36.5 Å². The molecule has 21 heavy (non-hydrogen) atoms. The molecule has 2 N–H and O–H groups in total. The van der Waals surface area contributed by atoms with E-state index in [1.807, 2.05) is 4.90 Å². The highest BCUT2D eigenvalue weighted by atomic mass is 16.4. The van der Waals surface area contributed by atoms with Gasteiger partial charge in [-0.3, -0.25) is 0 Å². The number of nitrogens with zero attached hydrogens (tertiary/aromatic N) is 4. The summed E-state index contributed by atoms with van der Waals surface area (Å²) in [6.45, 7) is 1.17. The van der Waals surface area contributed by atoms with Crippen LogP contribution in [0.5, 0.6) is 0 Å². The SMILES string of the molecule is O=C(O)c1cnc(N2CCC(O)C2)c(-c2cncnc2)c1. The van der Waals surface area contributed by atoms with Gasteiger partial charge in [-0.05, 0) is 12.5 Å². The summed E-state index contributed by atoms with van der Waals surface area (Å²) in [6.07, 6.45) is 6.27. The van der Waals surface area contributed by atoms with Crippen molar-refractivity contribution in [3.8, 4) is 11.1 Å². The average molecular weight is 286 g/mol. The lowest BCUT2D eigenvalue weighted by Gasteiger charge is -2.20. The molecular weight excluding hydrogens is 272 g/mol. The van der Waals surface area contributed by atoms with E-state index in [-0.39, 0.29) is 11.7 Å². The van der Waals surface area contributed by atoms with E-state index in [1.54, 1.807) is 18.5 Å². The smallest absolute Gasteiger partial charge is 0.337 e. The van der Waals surface area contributed by atoms with E-state index < -0.39 is 5.97 Å². The number of carboxylic acid groups (broad SMARTS) is 1. The van der Waals surface area contributed by atoms with Crippen molar-refractivity contribution in [2.45, 2.75) is 12.5 Å². The van der Waals surface area contributed by atoms with Crippen molar-refractivity contribution in [3.63, 3.8) is 0 Å². The van der Waals surface area contributed by atoms with Crippen LogP contribution in [-0.4, -0.2) is 50.3 Å². The maximum atomic E-state index is 11.1. The molecule has 0 bridgehead atoms. The molecule has 1 unspecified atom stereocenters. The van der Waals surface area contributed by atoms with Gasteiger partial charge in [0.25, 0.3) is 0 Å². The van der Waals surface area contributed by atoms with Gasteiger partial charge in [0.2, 0.25) is 0 Å². The average Bonchev–Trinajstić information content (AvgIpc) is 2.94. The molecule has 7 nitrogen and oxygen atoms in total. The highest BCUT2D eigenvalue weighted by Crippen LogP contribution is 2.31. The van der Waals surface area contributed by atoms with Gasteiger partial charge >= 0.3 is 5.97 Å². The molecule has 0 spiro atoms. The van der Waals surface area contributed by atoms with Gasteiger partial charge in [0.15, 0.2) is 0 Å². The predicted octanol–water partition coefficient (Wildman–Crippen LogP) is 0.808. The van der Waals surface area contributed by atoms with E-state index in [1.165, 1.54) is 12.5 Å². The van der Waals surface area contributed by atoms with Gasteiger partial charge in [-0.25, -0.2) is 19.7 Å². The Labute approximate surface area is 120 Å². The maximum absolute atomic E-state index is 11.1. The van der Waals surface area contributed by atoms with Gasteiger partial charge < -0.3 is 15.1 Å². The summed E-state index contributed by atoms with van der Waals surface area (Å²) in [5.74, 6) is -0.389. The lowest BCUT2D eigenvalue weighted by molar-refractivity contribution is 0.0696. The van der Waals surface area contributed by atoms with Crippen molar-refractivity contribution in [1.29, 1.82) is 0 Å². The fourth-order valence-electron chi connectivity index (χ4n) is 2.41. The molecule has 7 heteroatoms. The minimum Gasteiger partial charge on any atom is -0.478 e. The second kappa shape index (κ2) is 5.45. The third kappa shape index (κ3) is 2.68. The standard InChI is InChI=1S/C14H14N4O3/c19-11-1-2-18(7-11)13-12(10-4-15-8-16-5-10)3-9(6-17-13)14(20)21/h3-6,8,11,19H,1-2,7H2,(H,20,21). The quantitative estimate of drug-likeness (QED) is 0.861. The number of rotatable bonds is 3. The van der Waals surface area contributed by atoms with Crippen LogP contribution in [0.2, 0.25) is 0 Å². The molecule has 1 aliphatic heterocycles. The van der Waals surface area contributed by atoms with Gasteiger partial charge in [-0.2, -0.15) is 0 Å². The first-order chi connectivity index (χ1) is 10.1. The Hall–Kier alpha value is -2.54. The molecule has 1 aliphatic rings. The third-order valence-corrected chi connectivity index (χ3v) is 3.45. The van der Waals surface area contributed by atoms with Gasteiger partial charge in [0, 0.05) is 42.8 Å². The Morgan fingerprint density at radius 1 is 1.29 bits per heavy atom. The van der Waals surface area contributed by atoms with Crippen LogP contribution in [0.3, 0.4) is 0 Å². The van der Waals surface area contributed by atoms with E-state index >= 15 is 0 Å². The summed E-state index contributed by atoms with van der Waals surface area (Å²) in [7, 11) is 0. The van der Waals surface area contributed by atoms with Crippen LogP contribution < -0.4 is 4.90 Å². The molecule has 3 heterocycles. The Morgan fingerprint density at radius 3 is 2.67 bits per heavy atom. The molecule has 2 aromatic heterocycles. The van der Waals surface area contributed by atoms with E-state index in [4.69, 9.17) is 5.11 Å². The summed E-state index contributed by atoms with van der Waals surface area (Å²) in [5, 5.41) is 18.8. The molecule has 3 rings (SSSR count). The topological polar surface area (TPSA) is 99.4 Å². The molecule has 108 valence electrons. The first-order valence-corrected chi connectivity index (χ1v) is 6.57. The number of carboxylic acids is 1. The lowest BCUT2D eigenvalue weighted by atomic mass is 10.1. The van der Waals surface area contributed by atoms with Gasteiger partial charge in [0.1, 0.15) is 12.1 Å². The zero-order valence-electron chi connectivity index (χ0n) is 11.2. The maximum Gasteiger partial charge on any atom is 0.337 e. The second-order valence-electron chi connectivity index (χ2n) is 4.92. The number of aliphatic hydroxyl groups excluding tert-OH is 1. The number of aliphatic hydroxyl groups is 1. The Kier molecular flexibility index (Phi) is 3.49. The van der Waals surface area contributed by atoms with Crippen molar-refractivity contribution in [2.24, 2.45) is 0 Å². The van der Waals surface area contributed by atoms with Crippen LogP contribution in [-0.2, 0) is 0 Å². The van der Waals surface area contributed by atoms with Crippen molar-refractivity contribution in [2.75, 3.05) is 18.0 Å². The van der Waals surface area contributed by atoms with E-state index in [0.29, 0.717) is 36.5 Å². The number of β-amino-alcohol motifs (C(OH)–C–C–N with tert-alkyl or cyclic N) is 1. The van der Waals surface area contributed by atoms with E-state index in [0.717, 1.165) is 0 Å². The van der Waals surface area contributed by atoms with Crippen LogP contribution in [0.25, 0.3) is 11.1 Å². The van der Waals surface area contributed by atoms with Crippen molar-refractivity contribution in [1.82, 2.24) is 15.0 Å². The largest absolute Gasteiger partial charge is 0.478 e. The number of carbonyl (C=O) groups is 1. The number of hydrogen-bond acceptors (Lipinski definition) is 6. The number of aromatic nitrogens is 3. The minimum atomic E-state index is -1.03. The summed E-state index contributed by atoms with van der Waals surface area (Å²) in [5.41, 5.74) is 1.46. The highest BCUT2D eigenvalue weighted by Gasteiger charge is 2.24. The van der Waals surface area contributed by atoms with Gasteiger partial charge in [-0.1, -0.05) is 0 Å². The summed E-state index contributed by atoms with van der Waals surface area (Å²) in [4.78, 5) is 25.3.